The number of aromatic hydroxyl groups is 1. The number of alkyl halides is 6. The van der Waals surface area contributed by atoms with Gasteiger partial charge in [-0.2, -0.15) is 26.3 Å². The highest BCUT2D eigenvalue weighted by atomic mass is 19.4. The molecule has 1 fully saturated rings. The number of halogens is 8. The highest BCUT2D eigenvalue weighted by Gasteiger charge is 2.39. The Balaban J connectivity index is 0.000000610. The molecule has 54 heavy (non-hydrogen) atoms. The molecule has 2 aliphatic rings. The zero-order chi connectivity index (χ0) is 40.5. The number of ether oxygens (including phenoxy) is 1. The normalized spacial score (nSPS) is 14.5. The first-order valence-corrected chi connectivity index (χ1v) is 16.8. The maximum Gasteiger partial charge on any atom is 0.490 e. The number of phenols is 1. The van der Waals surface area contributed by atoms with Crippen LogP contribution in [0.25, 0.3) is 0 Å². The van der Waals surface area contributed by atoms with Crippen LogP contribution >= 0.6 is 0 Å². The molecule has 2 aromatic rings. The average molecular weight is 787 g/mol. The molecule has 0 radical (unpaired) electrons. The minimum Gasteiger partial charge on any atom is -0.506 e. The number of carbonyl (C=O) groups is 4. The fourth-order valence-electron chi connectivity index (χ4n) is 5.49. The molecule has 1 saturated carbocycles. The van der Waals surface area contributed by atoms with Gasteiger partial charge >= 0.3 is 24.3 Å². The highest BCUT2D eigenvalue weighted by Crippen LogP contribution is 2.39. The van der Waals surface area contributed by atoms with Crippen molar-refractivity contribution in [3.05, 3.63) is 53.1 Å². The number of carbonyl (C=O) groups excluding carboxylic acids is 2. The number of benzene rings is 2. The Morgan fingerprint density at radius 2 is 1.35 bits per heavy atom. The van der Waals surface area contributed by atoms with Gasteiger partial charge in [-0.05, 0) is 68.1 Å². The molecule has 0 unspecified atom stereocenters. The van der Waals surface area contributed by atoms with Crippen LogP contribution in [0.3, 0.4) is 0 Å². The molecule has 0 aromatic heterocycles. The molecular weight excluding hydrogens is 744 g/mol. The molecule has 1 heterocycles. The lowest BCUT2D eigenvalue weighted by atomic mass is 10.1. The minimum atomic E-state index is -5.08. The average Bonchev–Trinajstić information content (AvgIpc) is 3.36. The number of nitrogens with one attached hydrogen (secondary N) is 3. The van der Waals surface area contributed by atoms with E-state index >= 15 is 0 Å². The fourth-order valence-corrected chi connectivity index (χ4v) is 5.49. The third-order valence-electron chi connectivity index (χ3n) is 8.03. The minimum absolute atomic E-state index is 0.0188. The van der Waals surface area contributed by atoms with Crippen molar-refractivity contribution in [2.24, 2.45) is 0 Å². The Morgan fingerprint density at radius 1 is 0.815 bits per heavy atom. The van der Waals surface area contributed by atoms with Crippen LogP contribution in [0.4, 0.5) is 40.8 Å². The van der Waals surface area contributed by atoms with Gasteiger partial charge in [0.15, 0.2) is 12.4 Å². The lowest BCUT2D eigenvalue weighted by Gasteiger charge is -2.32. The SMILES string of the molecule is O=C(O)C(F)(F)F.O=C(O)C(F)(F)F.O=C1COc2c(CCNCCN(C(=O)CCNCCc3cc(F)cc(F)c3)C3CCCCCC3)ccc(O)c2N1. The molecule has 0 atom stereocenters. The number of anilines is 1. The Kier molecular flexibility index (Phi) is 18.4. The van der Waals surface area contributed by atoms with Crippen molar-refractivity contribution in [2.45, 2.75) is 76.2 Å². The predicted octanol–water partition coefficient (Wildman–Crippen LogP) is 5.17. The molecule has 0 bridgehead atoms. The Labute approximate surface area is 304 Å². The van der Waals surface area contributed by atoms with E-state index in [4.69, 9.17) is 24.5 Å². The number of rotatable bonds is 13. The smallest absolute Gasteiger partial charge is 0.490 e. The third kappa shape index (κ3) is 16.5. The molecule has 2 amide bonds. The van der Waals surface area contributed by atoms with E-state index in [9.17, 15) is 49.8 Å². The molecule has 1 aliphatic carbocycles. The summed E-state index contributed by atoms with van der Waals surface area (Å²) in [5.74, 6) is -6.36. The van der Waals surface area contributed by atoms with Crippen molar-refractivity contribution < 1.29 is 74.4 Å². The van der Waals surface area contributed by atoms with Crippen LogP contribution in [0.15, 0.2) is 30.3 Å². The molecule has 0 saturated heterocycles. The zero-order valence-corrected chi connectivity index (χ0v) is 28.9. The summed E-state index contributed by atoms with van der Waals surface area (Å²) in [6.45, 7) is 2.90. The van der Waals surface area contributed by atoms with Crippen molar-refractivity contribution in [3.8, 4) is 11.5 Å². The maximum atomic E-state index is 13.4. The van der Waals surface area contributed by atoms with Crippen LogP contribution in [0.2, 0.25) is 0 Å². The van der Waals surface area contributed by atoms with Crippen molar-refractivity contribution in [1.29, 1.82) is 0 Å². The fraction of sp³-hybridized carbons (Fsp3) is 0.529. The summed E-state index contributed by atoms with van der Waals surface area (Å²) >= 11 is 0. The summed E-state index contributed by atoms with van der Waals surface area (Å²) in [4.78, 5) is 44.7. The Bertz CT molecular complexity index is 1510. The van der Waals surface area contributed by atoms with Gasteiger partial charge in [0.25, 0.3) is 5.91 Å². The largest absolute Gasteiger partial charge is 0.506 e. The molecule has 12 nitrogen and oxygen atoms in total. The second-order valence-corrected chi connectivity index (χ2v) is 12.2. The van der Waals surface area contributed by atoms with E-state index in [1.54, 1.807) is 12.1 Å². The predicted molar refractivity (Wildman–Crippen MR) is 177 cm³/mol. The van der Waals surface area contributed by atoms with E-state index in [0.717, 1.165) is 37.3 Å². The molecule has 6 N–H and O–H groups in total. The summed E-state index contributed by atoms with van der Waals surface area (Å²) in [5, 5.41) is 33.6. The topological polar surface area (TPSA) is 178 Å². The summed E-state index contributed by atoms with van der Waals surface area (Å²) in [5.41, 5.74) is 1.80. The second-order valence-electron chi connectivity index (χ2n) is 12.2. The summed E-state index contributed by atoms with van der Waals surface area (Å²) in [6.07, 6.45) is -1.94. The molecule has 4 rings (SSSR count). The molecule has 1 aliphatic heterocycles. The van der Waals surface area contributed by atoms with E-state index in [1.807, 2.05) is 4.90 Å². The van der Waals surface area contributed by atoms with E-state index in [2.05, 4.69) is 16.0 Å². The standard InChI is InChI=1S/C30H40F2N4O4.2C2HF3O2/c31-23-17-21(18-24(32)19-23)9-12-33-14-11-28(39)36(25-5-3-1-2-4-6-25)16-15-34-13-10-22-7-8-26(37)29-30(22)40-20-27(38)35-29;2*3-2(4,5)1(6)7/h7-8,17-19,25,33-34,37H,1-6,9-16,20H2,(H,35,38);2*(H,6,7). The van der Waals surface area contributed by atoms with Gasteiger partial charge in [0.1, 0.15) is 23.1 Å². The van der Waals surface area contributed by atoms with Gasteiger partial charge in [0.2, 0.25) is 5.91 Å². The summed E-state index contributed by atoms with van der Waals surface area (Å²) in [6, 6.07) is 7.12. The molecule has 2 aromatic carbocycles. The van der Waals surface area contributed by atoms with E-state index in [0.29, 0.717) is 69.0 Å². The van der Waals surface area contributed by atoms with Gasteiger partial charge < -0.3 is 40.9 Å². The first kappa shape index (κ1) is 45.4. The van der Waals surface area contributed by atoms with E-state index in [1.165, 1.54) is 25.0 Å². The lowest BCUT2D eigenvalue weighted by Crippen LogP contribution is -2.45. The van der Waals surface area contributed by atoms with Gasteiger partial charge in [0.05, 0.1) is 0 Å². The first-order chi connectivity index (χ1) is 25.3. The summed E-state index contributed by atoms with van der Waals surface area (Å²) < 4.78 is 95.8. The number of phenolic OH excluding ortho intramolecular Hbond substituents is 1. The van der Waals surface area contributed by atoms with Crippen LogP contribution in [0, 0.1) is 11.6 Å². The van der Waals surface area contributed by atoms with Gasteiger partial charge in [-0.3, -0.25) is 9.59 Å². The van der Waals surface area contributed by atoms with Crippen LogP contribution < -0.4 is 20.7 Å². The third-order valence-corrected chi connectivity index (χ3v) is 8.03. The highest BCUT2D eigenvalue weighted by molar-refractivity contribution is 5.97. The number of carboxylic acids is 2. The molecule has 302 valence electrons. The maximum absolute atomic E-state index is 13.4. The van der Waals surface area contributed by atoms with Gasteiger partial charge in [-0.25, -0.2) is 18.4 Å². The number of nitrogens with zero attached hydrogens (tertiary/aromatic N) is 1. The van der Waals surface area contributed by atoms with Crippen molar-refractivity contribution in [3.63, 3.8) is 0 Å². The Hall–Kier alpha value is -4.72. The van der Waals surface area contributed by atoms with Crippen LogP contribution in [-0.4, -0.2) is 102 Å². The van der Waals surface area contributed by atoms with Crippen molar-refractivity contribution >= 4 is 29.4 Å². The van der Waals surface area contributed by atoms with Crippen LogP contribution in [0.5, 0.6) is 11.5 Å². The number of amides is 2. The molecule has 20 heteroatoms. The van der Waals surface area contributed by atoms with Gasteiger partial charge in [0, 0.05) is 38.2 Å². The van der Waals surface area contributed by atoms with Crippen LogP contribution in [-0.2, 0) is 32.0 Å². The summed E-state index contributed by atoms with van der Waals surface area (Å²) in [7, 11) is 0. The second kappa shape index (κ2) is 21.9. The Morgan fingerprint density at radius 3 is 1.91 bits per heavy atom. The van der Waals surface area contributed by atoms with E-state index < -0.39 is 35.9 Å². The number of hydrogen-bond acceptors (Lipinski definition) is 8. The van der Waals surface area contributed by atoms with Crippen LogP contribution in [0.1, 0.15) is 56.1 Å². The van der Waals surface area contributed by atoms with Gasteiger partial charge in [-0.1, -0.05) is 31.7 Å². The van der Waals surface area contributed by atoms with Gasteiger partial charge in [-0.15, -0.1) is 0 Å². The van der Waals surface area contributed by atoms with Crippen molar-refractivity contribution in [2.75, 3.05) is 44.6 Å². The quantitative estimate of drug-likeness (QED) is 0.0687. The number of hydrogen-bond donors (Lipinski definition) is 6. The molecular formula is C34H42F8N4O8. The first-order valence-electron chi connectivity index (χ1n) is 16.8. The van der Waals surface area contributed by atoms with E-state index in [-0.39, 0.29) is 30.2 Å². The monoisotopic (exact) mass is 786 g/mol. The zero-order valence-electron chi connectivity index (χ0n) is 28.9. The number of aliphatic carboxylic acids is 2. The van der Waals surface area contributed by atoms with Crippen molar-refractivity contribution in [1.82, 2.24) is 15.5 Å². The molecule has 0 spiro atoms. The number of fused-ring (bicyclic) bond motifs is 1. The number of carboxylic acid groups (broad SMARTS) is 2. The lowest BCUT2D eigenvalue weighted by molar-refractivity contribution is -0.193.